The standard InChI is InChI=1S/C13H10F2N2O2/c14-9-3-1-2-8(12(9)15)13-10(16)5-4-7(17-13)6-11(18)19/h1-5H,6,16H2,(H,18,19). The Balaban J connectivity index is 2.54. The van der Waals surface area contributed by atoms with Gasteiger partial charge in [-0.05, 0) is 24.3 Å². The number of nitrogens with zero attached hydrogens (tertiary/aromatic N) is 1. The lowest BCUT2D eigenvalue weighted by Crippen LogP contribution is -2.05. The van der Waals surface area contributed by atoms with Crippen LogP contribution < -0.4 is 5.73 Å². The Bertz CT molecular complexity index is 645. The van der Waals surface area contributed by atoms with Gasteiger partial charge in [0, 0.05) is 5.56 Å². The van der Waals surface area contributed by atoms with E-state index in [-0.39, 0.29) is 29.1 Å². The van der Waals surface area contributed by atoms with Crippen LogP contribution >= 0.6 is 0 Å². The number of halogens is 2. The van der Waals surface area contributed by atoms with E-state index in [0.717, 1.165) is 6.07 Å². The number of rotatable bonds is 3. The molecule has 0 unspecified atom stereocenters. The summed E-state index contributed by atoms with van der Waals surface area (Å²) in [6.45, 7) is 0. The quantitative estimate of drug-likeness (QED) is 0.891. The van der Waals surface area contributed by atoms with Crippen LogP contribution in [0.15, 0.2) is 30.3 Å². The fourth-order valence-electron chi connectivity index (χ4n) is 1.67. The van der Waals surface area contributed by atoms with Gasteiger partial charge in [-0.2, -0.15) is 0 Å². The molecule has 19 heavy (non-hydrogen) atoms. The van der Waals surface area contributed by atoms with Crippen molar-refractivity contribution in [3.05, 3.63) is 47.7 Å². The first-order chi connectivity index (χ1) is 8.99. The minimum Gasteiger partial charge on any atom is -0.481 e. The van der Waals surface area contributed by atoms with E-state index in [1.165, 1.54) is 24.3 Å². The summed E-state index contributed by atoms with van der Waals surface area (Å²) in [7, 11) is 0. The second-order valence-corrected chi connectivity index (χ2v) is 3.91. The van der Waals surface area contributed by atoms with Crippen LogP contribution in [0, 0.1) is 11.6 Å². The average Bonchev–Trinajstić information content (AvgIpc) is 2.35. The topological polar surface area (TPSA) is 76.2 Å². The molecule has 3 N–H and O–H groups in total. The Morgan fingerprint density at radius 1 is 1.26 bits per heavy atom. The van der Waals surface area contributed by atoms with Crippen molar-refractivity contribution in [1.82, 2.24) is 4.98 Å². The van der Waals surface area contributed by atoms with Gasteiger partial charge in [-0.25, -0.2) is 13.8 Å². The third-order valence-corrected chi connectivity index (χ3v) is 2.52. The number of benzene rings is 1. The van der Waals surface area contributed by atoms with Gasteiger partial charge in [0.1, 0.15) is 0 Å². The highest BCUT2D eigenvalue weighted by Gasteiger charge is 2.14. The molecule has 1 heterocycles. The lowest BCUT2D eigenvalue weighted by Gasteiger charge is -2.08. The zero-order valence-corrected chi connectivity index (χ0v) is 9.73. The largest absolute Gasteiger partial charge is 0.481 e. The van der Waals surface area contributed by atoms with Gasteiger partial charge in [0.2, 0.25) is 0 Å². The van der Waals surface area contributed by atoms with Crippen LogP contribution in [0.1, 0.15) is 5.69 Å². The number of pyridine rings is 1. The van der Waals surface area contributed by atoms with Gasteiger partial charge in [0.25, 0.3) is 0 Å². The van der Waals surface area contributed by atoms with Gasteiger partial charge >= 0.3 is 5.97 Å². The molecule has 0 saturated carbocycles. The van der Waals surface area contributed by atoms with E-state index in [1.54, 1.807) is 0 Å². The minimum atomic E-state index is -1.07. The fourth-order valence-corrected chi connectivity index (χ4v) is 1.67. The van der Waals surface area contributed by atoms with Crippen LogP contribution in [0.25, 0.3) is 11.3 Å². The van der Waals surface area contributed by atoms with E-state index in [4.69, 9.17) is 10.8 Å². The van der Waals surface area contributed by atoms with Crippen molar-refractivity contribution in [3.63, 3.8) is 0 Å². The second-order valence-electron chi connectivity index (χ2n) is 3.91. The van der Waals surface area contributed by atoms with Gasteiger partial charge < -0.3 is 10.8 Å². The van der Waals surface area contributed by atoms with Crippen molar-refractivity contribution in [1.29, 1.82) is 0 Å². The Labute approximate surface area is 107 Å². The predicted molar refractivity (Wildman–Crippen MR) is 65.3 cm³/mol. The highest BCUT2D eigenvalue weighted by molar-refractivity contribution is 5.75. The Morgan fingerprint density at radius 2 is 2.00 bits per heavy atom. The van der Waals surface area contributed by atoms with E-state index in [1.807, 2.05) is 0 Å². The number of aromatic nitrogens is 1. The summed E-state index contributed by atoms with van der Waals surface area (Å²) >= 11 is 0. The predicted octanol–water partition coefficient (Wildman–Crippen LogP) is 2.24. The summed E-state index contributed by atoms with van der Waals surface area (Å²) in [6, 6.07) is 6.51. The van der Waals surface area contributed by atoms with E-state index >= 15 is 0 Å². The average molecular weight is 264 g/mol. The molecule has 98 valence electrons. The molecule has 0 radical (unpaired) electrons. The number of carboxylic acids is 1. The molecule has 0 aliphatic rings. The molecule has 0 saturated heterocycles. The Kier molecular flexibility index (Phi) is 3.41. The molecule has 2 aromatic rings. The molecular weight excluding hydrogens is 254 g/mol. The van der Waals surface area contributed by atoms with Crippen molar-refractivity contribution in [3.8, 4) is 11.3 Å². The third-order valence-electron chi connectivity index (χ3n) is 2.52. The maximum Gasteiger partial charge on any atom is 0.309 e. The second kappa shape index (κ2) is 5.01. The van der Waals surface area contributed by atoms with E-state index in [9.17, 15) is 13.6 Å². The summed E-state index contributed by atoms with van der Waals surface area (Å²) < 4.78 is 26.8. The first kappa shape index (κ1) is 12.9. The summed E-state index contributed by atoms with van der Waals surface area (Å²) in [5, 5.41) is 8.69. The van der Waals surface area contributed by atoms with Crippen molar-refractivity contribution < 1.29 is 18.7 Å². The van der Waals surface area contributed by atoms with Crippen molar-refractivity contribution >= 4 is 11.7 Å². The molecule has 1 aromatic heterocycles. The minimum absolute atomic E-state index is 0.0377. The van der Waals surface area contributed by atoms with Crippen LogP contribution in [0.3, 0.4) is 0 Å². The molecule has 6 heteroatoms. The Morgan fingerprint density at radius 3 is 2.68 bits per heavy atom. The maximum absolute atomic E-state index is 13.7. The number of carbonyl (C=O) groups is 1. The lowest BCUT2D eigenvalue weighted by atomic mass is 10.1. The van der Waals surface area contributed by atoms with Crippen LogP contribution in [0.2, 0.25) is 0 Å². The zero-order chi connectivity index (χ0) is 14.0. The number of nitrogens with two attached hydrogens (primary N) is 1. The molecular formula is C13H10F2N2O2. The number of hydrogen-bond donors (Lipinski definition) is 2. The van der Waals surface area contributed by atoms with Crippen LogP contribution in [0.5, 0.6) is 0 Å². The molecule has 0 amide bonds. The number of nitrogen functional groups attached to an aromatic ring is 1. The molecule has 4 nitrogen and oxygen atoms in total. The van der Waals surface area contributed by atoms with Crippen LogP contribution in [-0.4, -0.2) is 16.1 Å². The number of carboxylic acid groups (broad SMARTS) is 1. The zero-order valence-electron chi connectivity index (χ0n) is 9.73. The normalized spacial score (nSPS) is 10.4. The first-order valence-corrected chi connectivity index (χ1v) is 5.40. The lowest BCUT2D eigenvalue weighted by molar-refractivity contribution is -0.136. The smallest absolute Gasteiger partial charge is 0.309 e. The highest BCUT2D eigenvalue weighted by atomic mass is 19.2. The summed E-state index contributed by atoms with van der Waals surface area (Å²) in [6.07, 6.45) is -0.315. The van der Waals surface area contributed by atoms with Gasteiger partial charge in [-0.1, -0.05) is 6.07 Å². The van der Waals surface area contributed by atoms with Gasteiger partial charge in [-0.3, -0.25) is 4.79 Å². The number of aliphatic carboxylic acids is 1. The molecule has 1 aromatic carbocycles. The number of anilines is 1. The van der Waals surface area contributed by atoms with Crippen LogP contribution in [-0.2, 0) is 11.2 Å². The Hall–Kier alpha value is -2.50. The monoisotopic (exact) mass is 264 g/mol. The first-order valence-electron chi connectivity index (χ1n) is 5.40. The van der Waals surface area contributed by atoms with E-state index in [2.05, 4.69) is 4.98 Å². The van der Waals surface area contributed by atoms with Crippen molar-refractivity contribution in [2.45, 2.75) is 6.42 Å². The molecule has 0 atom stereocenters. The van der Waals surface area contributed by atoms with Gasteiger partial charge in [0.05, 0.1) is 23.5 Å². The van der Waals surface area contributed by atoms with Gasteiger partial charge in [0.15, 0.2) is 11.6 Å². The van der Waals surface area contributed by atoms with Crippen molar-refractivity contribution in [2.75, 3.05) is 5.73 Å². The maximum atomic E-state index is 13.7. The van der Waals surface area contributed by atoms with Crippen molar-refractivity contribution in [2.24, 2.45) is 0 Å². The number of hydrogen-bond acceptors (Lipinski definition) is 3. The molecule has 2 rings (SSSR count). The molecule has 0 spiro atoms. The highest BCUT2D eigenvalue weighted by Crippen LogP contribution is 2.27. The van der Waals surface area contributed by atoms with E-state index in [0.29, 0.717) is 0 Å². The molecule has 0 bridgehead atoms. The molecule has 0 fully saturated rings. The summed E-state index contributed by atoms with van der Waals surface area (Å²) in [5.74, 6) is -3.14. The third kappa shape index (κ3) is 2.67. The molecule has 0 aliphatic carbocycles. The molecule has 0 aliphatic heterocycles. The van der Waals surface area contributed by atoms with Crippen LogP contribution in [0.4, 0.5) is 14.5 Å². The SMILES string of the molecule is Nc1ccc(CC(=O)O)nc1-c1cccc(F)c1F. The summed E-state index contributed by atoms with van der Waals surface area (Å²) in [5.41, 5.74) is 5.99. The summed E-state index contributed by atoms with van der Waals surface area (Å²) in [4.78, 5) is 14.6. The van der Waals surface area contributed by atoms with E-state index < -0.39 is 17.6 Å². The van der Waals surface area contributed by atoms with Gasteiger partial charge in [-0.15, -0.1) is 0 Å². The fraction of sp³-hybridized carbons (Fsp3) is 0.0769.